The predicted octanol–water partition coefficient (Wildman–Crippen LogP) is 4.39. The SMILES string of the molecule is O=C(O)C(F)(F)F.O=C(OCc1ccccc1)N1CCc2c(N3CCN(C[C@@H]4CCNCC4(F)F)CC3)cccc21. The molecular formula is C28H33F5N4O4. The molecule has 13 heteroatoms. The molecule has 5 rings (SSSR count). The van der Waals surface area contributed by atoms with Crippen LogP contribution in [-0.2, 0) is 22.6 Å². The maximum absolute atomic E-state index is 14.2. The standard InChI is InChI=1S/C26H32F2N4O2.C2HF3O2/c27-26(28)19-29-11-9-21(26)17-30-13-15-31(16-14-30)23-7-4-8-24-22(23)10-12-32(24)25(33)34-18-20-5-2-1-3-6-20;3-2(4,5)1(6)7/h1-8,21,29H,9-19H2;(H,6,7)/t21-;/m0./s1. The van der Waals surface area contributed by atoms with Gasteiger partial charge in [0.05, 0.1) is 12.2 Å². The molecule has 0 aliphatic carbocycles. The topological polar surface area (TPSA) is 85.3 Å². The van der Waals surface area contributed by atoms with E-state index < -0.39 is 24.0 Å². The Morgan fingerprint density at radius 2 is 1.63 bits per heavy atom. The van der Waals surface area contributed by atoms with Crippen LogP contribution in [0.3, 0.4) is 0 Å². The van der Waals surface area contributed by atoms with Crippen molar-refractivity contribution in [3.8, 4) is 0 Å². The number of rotatable bonds is 5. The molecule has 2 saturated heterocycles. The molecule has 3 aliphatic heterocycles. The third kappa shape index (κ3) is 7.85. The average molecular weight is 585 g/mol. The highest BCUT2D eigenvalue weighted by Crippen LogP contribution is 2.37. The number of carbonyl (C=O) groups is 2. The summed E-state index contributed by atoms with van der Waals surface area (Å²) in [5.41, 5.74) is 4.18. The van der Waals surface area contributed by atoms with Gasteiger partial charge in [-0.2, -0.15) is 13.2 Å². The van der Waals surface area contributed by atoms with Gasteiger partial charge in [-0.05, 0) is 37.1 Å². The van der Waals surface area contributed by atoms with Gasteiger partial charge < -0.3 is 20.1 Å². The summed E-state index contributed by atoms with van der Waals surface area (Å²) < 4.78 is 65.7. The van der Waals surface area contributed by atoms with Crippen LogP contribution < -0.4 is 15.1 Å². The van der Waals surface area contributed by atoms with E-state index in [4.69, 9.17) is 14.6 Å². The molecule has 3 heterocycles. The number of carboxylic acid groups (broad SMARTS) is 1. The molecule has 2 N–H and O–H groups in total. The number of piperazine rings is 1. The van der Waals surface area contributed by atoms with Crippen LogP contribution in [0.1, 0.15) is 17.5 Å². The molecule has 0 unspecified atom stereocenters. The third-order valence-corrected chi connectivity index (χ3v) is 7.49. The number of hydrogen-bond donors (Lipinski definition) is 2. The van der Waals surface area contributed by atoms with Gasteiger partial charge in [-0.1, -0.05) is 36.4 Å². The number of halogens is 5. The van der Waals surface area contributed by atoms with Crippen LogP contribution >= 0.6 is 0 Å². The number of nitrogens with zero attached hydrogens (tertiary/aromatic N) is 3. The number of hydrogen-bond acceptors (Lipinski definition) is 6. The Labute approximate surface area is 234 Å². The Bertz CT molecular complexity index is 1190. The summed E-state index contributed by atoms with van der Waals surface area (Å²) >= 11 is 0. The van der Waals surface area contributed by atoms with E-state index in [2.05, 4.69) is 21.2 Å². The molecule has 224 valence electrons. The Hall–Kier alpha value is -3.45. The van der Waals surface area contributed by atoms with Crippen molar-refractivity contribution in [2.45, 2.75) is 31.5 Å². The number of amides is 1. The van der Waals surface area contributed by atoms with Gasteiger partial charge in [-0.15, -0.1) is 0 Å². The zero-order valence-electron chi connectivity index (χ0n) is 22.4. The lowest BCUT2D eigenvalue weighted by Crippen LogP contribution is -2.53. The second-order valence-corrected chi connectivity index (χ2v) is 10.2. The van der Waals surface area contributed by atoms with E-state index in [-0.39, 0.29) is 19.2 Å². The number of ether oxygens (including phenoxy) is 1. The first kappa shape index (κ1) is 30.5. The molecule has 1 amide bonds. The van der Waals surface area contributed by atoms with Crippen molar-refractivity contribution in [1.29, 1.82) is 0 Å². The molecule has 0 bridgehead atoms. The van der Waals surface area contributed by atoms with Crippen molar-refractivity contribution in [3.05, 3.63) is 59.7 Å². The highest BCUT2D eigenvalue weighted by atomic mass is 19.4. The van der Waals surface area contributed by atoms with Gasteiger partial charge in [0, 0.05) is 56.4 Å². The lowest BCUT2D eigenvalue weighted by atomic mass is 9.93. The van der Waals surface area contributed by atoms with E-state index in [9.17, 15) is 26.7 Å². The van der Waals surface area contributed by atoms with Gasteiger partial charge in [0.25, 0.3) is 5.92 Å². The summed E-state index contributed by atoms with van der Waals surface area (Å²) in [4.78, 5) is 27.9. The normalized spacial score (nSPS) is 20.6. The van der Waals surface area contributed by atoms with Gasteiger partial charge in [0.15, 0.2) is 0 Å². The molecule has 8 nitrogen and oxygen atoms in total. The third-order valence-electron chi connectivity index (χ3n) is 7.49. The first-order valence-corrected chi connectivity index (χ1v) is 13.4. The van der Waals surface area contributed by atoms with Crippen LogP contribution in [0.15, 0.2) is 48.5 Å². The highest BCUT2D eigenvalue weighted by Gasteiger charge is 2.42. The molecule has 1 atom stereocenters. The van der Waals surface area contributed by atoms with Gasteiger partial charge >= 0.3 is 18.2 Å². The van der Waals surface area contributed by atoms with E-state index in [1.807, 2.05) is 42.5 Å². The Balaban J connectivity index is 0.000000493. The minimum Gasteiger partial charge on any atom is -0.475 e. The molecule has 0 spiro atoms. The molecule has 41 heavy (non-hydrogen) atoms. The van der Waals surface area contributed by atoms with Crippen LogP contribution in [0.5, 0.6) is 0 Å². The van der Waals surface area contributed by atoms with Crippen LogP contribution in [-0.4, -0.2) is 86.5 Å². The Kier molecular flexibility index (Phi) is 9.69. The number of carbonyl (C=O) groups excluding carboxylic acids is 1. The fourth-order valence-corrected chi connectivity index (χ4v) is 5.29. The number of piperidine rings is 1. The summed E-state index contributed by atoms with van der Waals surface area (Å²) in [6.07, 6.45) is -4.10. The van der Waals surface area contributed by atoms with Crippen LogP contribution in [0.2, 0.25) is 0 Å². The summed E-state index contributed by atoms with van der Waals surface area (Å²) in [7, 11) is 0. The molecule has 2 fully saturated rings. The number of carboxylic acids is 1. The Morgan fingerprint density at radius 1 is 0.976 bits per heavy atom. The maximum atomic E-state index is 14.2. The molecule has 2 aromatic carbocycles. The zero-order chi connectivity index (χ0) is 29.6. The van der Waals surface area contributed by atoms with Crippen molar-refractivity contribution in [2.75, 3.05) is 62.2 Å². The first-order chi connectivity index (χ1) is 19.5. The van der Waals surface area contributed by atoms with E-state index in [1.165, 1.54) is 0 Å². The van der Waals surface area contributed by atoms with Crippen LogP contribution in [0.25, 0.3) is 0 Å². The van der Waals surface area contributed by atoms with Gasteiger partial charge in [0.2, 0.25) is 0 Å². The summed E-state index contributed by atoms with van der Waals surface area (Å²) in [6.45, 7) is 4.90. The number of nitrogens with one attached hydrogen (secondary N) is 1. The average Bonchev–Trinajstić information content (AvgIpc) is 3.38. The lowest BCUT2D eigenvalue weighted by Gasteiger charge is -2.40. The van der Waals surface area contributed by atoms with E-state index >= 15 is 0 Å². The maximum Gasteiger partial charge on any atom is 0.490 e. The zero-order valence-corrected chi connectivity index (χ0v) is 22.4. The van der Waals surface area contributed by atoms with Gasteiger partial charge in [-0.3, -0.25) is 9.80 Å². The molecule has 3 aliphatic rings. The van der Waals surface area contributed by atoms with Gasteiger partial charge in [0.1, 0.15) is 6.61 Å². The number of anilines is 2. The lowest BCUT2D eigenvalue weighted by molar-refractivity contribution is -0.192. The predicted molar refractivity (Wildman–Crippen MR) is 142 cm³/mol. The van der Waals surface area contributed by atoms with Crippen molar-refractivity contribution in [2.24, 2.45) is 5.92 Å². The second-order valence-electron chi connectivity index (χ2n) is 10.2. The van der Waals surface area contributed by atoms with Crippen molar-refractivity contribution < 1.29 is 41.4 Å². The first-order valence-electron chi connectivity index (χ1n) is 13.4. The molecular weight excluding hydrogens is 551 g/mol. The van der Waals surface area contributed by atoms with Crippen LogP contribution in [0.4, 0.5) is 38.1 Å². The van der Waals surface area contributed by atoms with Crippen molar-refractivity contribution >= 4 is 23.4 Å². The van der Waals surface area contributed by atoms with Crippen molar-refractivity contribution in [1.82, 2.24) is 10.2 Å². The van der Waals surface area contributed by atoms with E-state index in [1.54, 1.807) is 4.90 Å². The fourth-order valence-electron chi connectivity index (χ4n) is 5.29. The van der Waals surface area contributed by atoms with E-state index in [0.717, 1.165) is 55.1 Å². The second kappa shape index (κ2) is 13.0. The number of benzene rings is 2. The van der Waals surface area contributed by atoms with Crippen LogP contribution in [0, 0.1) is 5.92 Å². The molecule has 0 radical (unpaired) electrons. The smallest absolute Gasteiger partial charge is 0.475 e. The number of fused-ring (bicyclic) bond motifs is 1. The minimum absolute atomic E-state index is 0.210. The van der Waals surface area contributed by atoms with Gasteiger partial charge in [-0.25, -0.2) is 18.4 Å². The summed E-state index contributed by atoms with van der Waals surface area (Å²) in [5.74, 6) is -5.96. The number of alkyl halides is 5. The largest absolute Gasteiger partial charge is 0.490 e. The highest BCUT2D eigenvalue weighted by molar-refractivity contribution is 5.92. The summed E-state index contributed by atoms with van der Waals surface area (Å²) in [6, 6.07) is 15.7. The molecule has 0 aromatic heterocycles. The van der Waals surface area contributed by atoms with Crippen molar-refractivity contribution in [3.63, 3.8) is 0 Å². The fraction of sp³-hybridized carbons (Fsp3) is 0.500. The monoisotopic (exact) mass is 584 g/mol. The quantitative estimate of drug-likeness (QED) is 0.505. The summed E-state index contributed by atoms with van der Waals surface area (Å²) in [5, 5.41) is 9.93. The number of aliphatic carboxylic acids is 1. The Morgan fingerprint density at radius 3 is 2.27 bits per heavy atom. The molecule has 2 aromatic rings. The minimum atomic E-state index is -5.08. The van der Waals surface area contributed by atoms with E-state index in [0.29, 0.717) is 26.1 Å². The molecule has 0 saturated carbocycles.